The van der Waals surface area contributed by atoms with Crippen LogP contribution in [-0.4, -0.2) is 50.6 Å². The number of likely N-dealkylation sites (tertiary alicyclic amines) is 1. The van der Waals surface area contributed by atoms with Gasteiger partial charge in [0.05, 0.1) is 5.69 Å². The van der Waals surface area contributed by atoms with E-state index in [1.165, 1.54) is 12.1 Å². The molecule has 2 N–H and O–H groups in total. The van der Waals surface area contributed by atoms with Crippen molar-refractivity contribution in [2.24, 2.45) is 0 Å². The predicted molar refractivity (Wildman–Crippen MR) is 97.3 cm³/mol. The maximum absolute atomic E-state index is 12.6. The lowest BCUT2D eigenvalue weighted by atomic mass is 10.1. The van der Waals surface area contributed by atoms with Crippen LogP contribution in [0, 0.1) is 0 Å². The molecule has 1 saturated heterocycles. The number of hydrogen-bond donors (Lipinski definition) is 2. The summed E-state index contributed by atoms with van der Waals surface area (Å²) in [7, 11) is -3.79. The molecule has 2 rings (SSSR count). The van der Waals surface area contributed by atoms with Gasteiger partial charge in [0.25, 0.3) is 0 Å². The Labute approximate surface area is 153 Å². The first-order valence-electron chi connectivity index (χ1n) is 8.42. The number of para-hydroxylation sites is 1. The average molecular weight is 383 g/mol. The zero-order chi connectivity index (χ0) is 19.4. The first-order chi connectivity index (χ1) is 12.1. The molecular weight excluding hydrogens is 358 g/mol. The van der Waals surface area contributed by atoms with E-state index in [1.807, 2.05) is 0 Å². The van der Waals surface area contributed by atoms with Crippen LogP contribution in [0.1, 0.15) is 33.6 Å². The van der Waals surface area contributed by atoms with E-state index in [2.05, 4.69) is 10.0 Å². The summed E-state index contributed by atoms with van der Waals surface area (Å²) in [6.07, 6.45) is 1.02. The second kappa shape index (κ2) is 8.05. The molecule has 1 aliphatic heterocycles. The fourth-order valence-electron chi connectivity index (χ4n) is 2.67. The smallest absolute Gasteiger partial charge is 0.410 e. The number of amides is 2. The summed E-state index contributed by atoms with van der Waals surface area (Å²) in [6, 6.07) is 5.90. The second-order valence-corrected chi connectivity index (χ2v) is 8.80. The number of nitrogens with one attached hydrogen (secondary N) is 2. The van der Waals surface area contributed by atoms with Crippen molar-refractivity contribution in [3.8, 4) is 0 Å². The number of hydrogen-bond acceptors (Lipinski definition) is 5. The molecule has 0 bridgehead atoms. The van der Waals surface area contributed by atoms with Crippen molar-refractivity contribution in [1.82, 2.24) is 9.62 Å². The Morgan fingerprint density at radius 3 is 2.42 bits per heavy atom. The molecule has 8 nitrogen and oxygen atoms in total. The maximum atomic E-state index is 12.6. The third kappa shape index (κ3) is 5.43. The zero-order valence-electron chi connectivity index (χ0n) is 15.2. The van der Waals surface area contributed by atoms with Crippen LogP contribution in [0.4, 0.5) is 10.5 Å². The molecular formula is C17H25N3O5S. The zero-order valence-corrected chi connectivity index (χ0v) is 16.0. The highest BCUT2D eigenvalue weighted by atomic mass is 32.2. The molecule has 1 heterocycles. The van der Waals surface area contributed by atoms with E-state index < -0.39 is 15.6 Å². The van der Waals surface area contributed by atoms with E-state index in [1.54, 1.807) is 37.8 Å². The number of ether oxygens (including phenoxy) is 1. The van der Waals surface area contributed by atoms with E-state index in [0.29, 0.717) is 32.3 Å². The van der Waals surface area contributed by atoms with Crippen LogP contribution < -0.4 is 10.0 Å². The lowest BCUT2D eigenvalue weighted by Crippen LogP contribution is -2.47. The van der Waals surface area contributed by atoms with Crippen molar-refractivity contribution in [3.63, 3.8) is 0 Å². The third-order valence-electron chi connectivity index (χ3n) is 3.86. The van der Waals surface area contributed by atoms with Crippen molar-refractivity contribution >= 4 is 28.2 Å². The third-order valence-corrected chi connectivity index (χ3v) is 5.44. The van der Waals surface area contributed by atoms with E-state index in [0.717, 1.165) is 0 Å². The Kier molecular flexibility index (Phi) is 6.25. The van der Waals surface area contributed by atoms with Gasteiger partial charge in [-0.15, -0.1) is 0 Å². The normalized spacial score (nSPS) is 16.2. The Morgan fingerprint density at radius 2 is 1.85 bits per heavy atom. The fourth-order valence-corrected chi connectivity index (χ4v) is 4.15. The van der Waals surface area contributed by atoms with Gasteiger partial charge in [-0.1, -0.05) is 12.1 Å². The van der Waals surface area contributed by atoms with E-state index in [9.17, 15) is 18.0 Å². The highest BCUT2D eigenvalue weighted by Crippen LogP contribution is 2.22. The number of benzene rings is 1. The van der Waals surface area contributed by atoms with Crippen LogP contribution in [0.15, 0.2) is 29.2 Å². The van der Waals surface area contributed by atoms with Crippen LogP contribution in [0.3, 0.4) is 0 Å². The van der Waals surface area contributed by atoms with Gasteiger partial charge in [0.15, 0.2) is 0 Å². The number of carbonyl (C=O) groups is 2. The number of rotatable bonds is 5. The van der Waals surface area contributed by atoms with Gasteiger partial charge in [-0.05, 0) is 45.7 Å². The monoisotopic (exact) mass is 383 g/mol. The van der Waals surface area contributed by atoms with Gasteiger partial charge >= 0.3 is 6.09 Å². The summed E-state index contributed by atoms with van der Waals surface area (Å²) in [5, 5.41) is 2.39. The van der Waals surface area contributed by atoms with Crippen molar-refractivity contribution in [1.29, 1.82) is 0 Å². The second-order valence-electron chi connectivity index (χ2n) is 7.12. The molecule has 9 heteroatoms. The van der Waals surface area contributed by atoms with Crippen LogP contribution in [0.5, 0.6) is 0 Å². The molecule has 26 heavy (non-hydrogen) atoms. The minimum absolute atomic E-state index is 0.0154. The molecule has 0 saturated carbocycles. The molecule has 1 fully saturated rings. The number of nitrogens with zero attached hydrogens (tertiary/aromatic N) is 1. The number of anilines is 1. The number of piperidine rings is 1. The molecule has 1 aliphatic rings. The minimum atomic E-state index is -3.79. The van der Waals surface area contributed by atoms with Gasteiger partial charge in [0, 0.05) is 19.1 Å². The van der Waals surface area contributed by atoms with Gasteiger partial charge in [0.1, 0.15) is 10.5 Å². The predicted octanol–water partition coefficient (Wildman–Crippen LogP) is 1.93. The van der Waals surface area contributed by atoms with Crippen molar-refractivity contribution in [3.05, 3.63) is 24.3 Å². The first-order valence-corrected chi connectivity index (χ1v) is 9.90. The van der Waals surface area contributed by atoms with Gasteiger partial charge in [-0.2, -0.15) is 0 Å². The summed E-state index contributed by atoms with van der Waals surface area (Å²) in [5.74, 6) is 0. The quantitative estimate of drug-likeness (QED) is 0.756. The highest BCUT2D eigenvalue weighted by Gasteiger charge is 2.29. The molecule has 0 unspecified atom stereocenters. The van der Waals surface area contributed by atoms with Crippen molar-refractivity contribution in [2.75, 3.05) is 18.4 Å². The summed E-state index contributed by atoms with van der Waals surface area (Å²) in [5.41, 5.74) is -0.341. The van der Waals surface area contributed by atoms with E-state index in [-0.39, 0.29) is 22.7 Å². The summed E-state index contributed by atoms with van der Waals surface area (Å²) in [4.78, 5) is 24.3. The summed E-state index contributed by atoms with van der Waals surface area (Å²) < 4.78 is 33.2. The molecule has 1 aromatic carbocycles. The van der Waals surface area contributed by atoms with Crippen LogP contribution in [-0.2, 0) is 19.6 Å². The summed E-state index contributed by atoms with van der Waals surface area (Å²) >= 11 is 0. The summed E-state index contributed by atoms with van der Waals surface area (Å²) in [6.45, 7) is 6.23. The van der Waals surface area contributed by atoms with Gasteiger partial charge in [-0.25, -0.2) is 17.9 Å². The Morgan fingerprint density at radius 1 is 1.23 bits per heavy atom. The van der Waals surface area contributed by atoms with Gasteiger partial charge in [-0.3, -0.25) is 4.79 Å². The SMILES string of the molecule is CC(C)(C)OC(=O)N1CCC(NS(=O)(=O)c2ccccc2NC=O)CC1. The van der Waals surface area contributed by atoms with Crippen LogP contribution in [0.25, 0.3) is 0 Å². The molecule has 0 aliphatic carbocycles. The molecule has 144 valence electrons. The molecule has 1 aromatic rings. The number of carbonyl (C=O) groups excluding carboxylic acids is 2. The highest BCUT2D eigenvalue weighted by molar-refractivity contribution is 7.89. The Balaban J connectivity index is 1.99. The number of sulfonamides is 1. The fraction of sp³-hybridized carbons (Fsp3) is 0.529. The topological polar surface area (TPSA) is 105 Å². The molecule has 0 spiro atoms. The maximum Gasteiger partial charge on any atom is 0.410 e. The first kappa shape index (κ1) is 20.2. The Hall–Kier alpha value is -2.13. The lowest BCUT2D eigenvalue weighted by Gasteiger charge is -2.33. The Bertz CT molecular complexity index is 750. The van der Waals surface area contributed by atoms with Crippen molar-refractivity contribution in [2.45, 2.75) is 50.2 Å². The van der Waals surface area contributed by atoms with Crippen LogP contribution >= 0.6 is 0 Å². The van der Waals surface area contributed by atoms with E-state index in [4.69, 9.17) is 4.74 Å². The molecule has 0 atom stereocenters. The van der Waals surface area contributed by atoms with Gasteiger partial charge < -0.3 is 15.0 Å². The largest absolute Gasteiger partial charge is 0.444 e. The van der Waals surface area contributed by atoms with Crippen molar-refractivity contribution < 1.29 is 22.7 Å². The van der Waals surface area contributed by atoms with Crippen LogP contribution in [0.2, 0.25) is 0 Å². The van der Waals surface area contributed by atoms with E-state index >= 15 is 0 Å². The lowest BCUT2D eigenvalue weighted by molar-refractivity contribution is -0.105. The molecule has 0 aromatic heterocycles. The minimum Gasteiger partial charge on any atom is -0.444 e. The standard InChI is InChI=1S/C17H25N3O5S/c1-17(2,3)25-16(22)20-10-8-13(9-11-20)19-26(23,24)15-7-5-4-6-14(15)18-12-21/h4-7,12-13,19H,8-11H2,1-3H3,(H,18,21). The molecule has 2 amide bonds. The average Bonchev–Trinajstić information content (AvgIpc) is 2.54. The van der Waals surface area contributed by atoms with Gasteiger partial charge in [0.2, 0.25) is 16.4 Å². The molecule has 0 radical (unpaired) electrons.